The Labute approximate surface area is 186 Å². The van der Waals surface area contributed by atoms with Crippen molar-refractivity contribution in [2.45, 2.75) is 31.8 Å². The molecule has 0 radical (unpaired) electrons. The molecular weight excluding hydrogens is 417 g/mol. The van der Waals surface area contributed by atoms with Gasteiger partial charge in [0.1, 0.15) is 17.6 Å². The van der Waals surface area contributed by atoms with Crippen LogP contribution in [0.5, 0.6) is 0 Å². The van der Waals surface area contributed by atoms with E-state index in [1.165, 1.54) is 6.07 Å². The number of aromatic nitrogens is 1. The van der Waals surface area contributed by atoms with E-state index in [-0.39, 0.29) is 24.3 Å². The van der Waals surface area contributed by atoms with Crippen LogP contribution in [-0.4, -0.2) is 40.8 Å². The number of oxazole rings is 1. The predicted octanol–water partition coefficient (Wildman–Crippen LogP) is 4.85. The molecular formula is C24H25ClFN3O2. The second-order valence-corrected chi connectivity index (χ2v) is 8.42. The van der Waals surface area contributed by atoms with Crippen molar-refractivity contribution in [3.05, 3.63) is 88.3 Å². The van der Waals surface area contributed by atoms with Crippen molar-refractivity contribution in [1.82, 2.24) is 14.8 Å². The molecule has 162 valence electrons. The van der Waals surface area contributed by atoms with E-state index in [9.17, 15) is 9.18 Å². The summed E-state index contributed by atoms with van der Waals surface area (Å²) < 4.78 is 19.9. The third-order valence-corrected chi connectivity index (χ3v) is 5.74. The number of nitrogens with zero attached hydrogens (tertiary/aromatic N) is 3. The van der Waals surface area contributed by atoms with Gasteiger partial charge < -0.3 is 9.32 Å². The fraction of sp³-hybridized carbons (Fsp3) is 0.333. The zero-order valence-electron chi connectivity index (χ0n) is 17.4. The quantitative estimate of drug-likeness (QED) is 0.525. The number of amides is 1. The summed E-state index contributed by atoms with van der Waals surface area (Å²) in [6.07, 6.45) is 4.04. The van der Waals surface area contributed by atoms with Crippen molar-refractivity contribution < 1.29 is 13.6 Å². The van der Waals surface area contributed by atoms with E-state index < -0.39 is 0 Å². The van der Waals surface area contributed by atoms with Crippen molar-refractivity contribution in [2.24, 2.45) is 0 Å². The van der Waals surface area contributed by atoms with Crippen LogP contribution in [0.2, 0.25) is 5.02 Å². The summed E-state index contributed by atoms with van der Waals surface area (Å²) in [5.74, 6) is 1.05. The third kappa shape index (κ3) is 5.32. The maximum atomic E-state index is 13.9. The molecule has 0 aliphatic carbocycles. The summed E-state index contributed by atoms with van der Waals surface area (Å²) in [6, 6.07) is 14.1. The van der Waals surface area contributed by atoms with Gasteiger partial charge >= 0.3 is 0 Å². The molecule has 3 aromatic rings. The van der Waals surface area contributed by atoms with E-state index in [4.69, 9.17) is 16.0 Å². The van der Waals surface area contributed by atoms with Gasteiger partial charge in [-0.1, -0.05) is 41.9 Å². The van der Waals surface area contributed by atoms with Gasteiger partial charge in [-0.05, 0) is 43.7 Å². The zero-order valence-corrected chi connectivity index (χ0v) is 18.2. The number of halogens is 2. The highest BCUT2D eigenvalue weighted by atomic mass is 35.5. The number of benzene rings is 2. The van der Waals surface area contributed by atoms with Crippen LogP contribution in [0.15, 0.2) is 59.1 Å². The van der Waals surface area contributed by atoms with Crippen molar-refractivity contribution in [3.8, 4) is 0 Å². The van der Waals surface area contributed by atoms with Crippen LogP contribution < -0.4 is 0 Å². The molecule has 7 heteroatoms. The van der Waals surface area contributed by atoms with Gasteiger partial charge in [0.25, 0.3) is 0 Å². The number of carbonyl (C=O) groups is 1. The number of carbonyl (C=O) groups excluding carboxylic acids is 1. The van der Waals surface area contributed by atoms with Crippen molar-refractivity contribution in [1.29, 1.82) is 0 Å². The highest BCUT2D eigenvalue weighted by Crippen LogP contribution is 2.32. The van der Waals surface area contributed by atoms with E-state index in [2.05, 4.69) is 4.98 Å². The summed E-state index contributed by atoms with van der Waals surface area (Å²) in [6.45, 7) is 1.25. The maximum absolute atomic E-state index is 13.9. The number of rotatable bonds is 7. The van der Waals surface area contributed by atoms with Gasteiger partial charge in [-0.2, -0.15) is 0 Å². The van der Waals surface area contributed by atoms with Gasteiger partial charge in [0.15, 0.2) is 0 Å². The highest BCUT2D eigenvalue weighted by Gasteiger charge is 2.33. The first-order chi connectivity index (χ1) is 15.0. The van der Waals surface area contributed by atoms with Crippen LogP contribution in [0.3, 0.4) is 0 Å². The number of hydrogen-bond donors (Lipinski definition) is 0. The van der Waals surface area contributed by atoms with Crippen LogP contribution in [-0.2, 0) is 17.8 Å². The summed E-state index contributed by atoms with van der Waals surface area (Å²) >= 11 is 6.06. The fourth-order valence-corrected chi connectivity index (χ4v) is 4.24. The molecule has 0 saturated carbocycles. The monoisotopic (exact) mass is 441 g/mol. The Hall–Kier alpha value is -2.70. The normalized spacial score (nSPS) is 16.3. The molecule has 2 aromatic carbocycles. The minimum atomic E-state index is -0.257. The SMILES string of the molecule is CN(CC(=O)N1CCC[C@H]1c1ncc(Cc2cccc(Cl)c2)o1)Cc1ccccc1F. The molecule has 2 heterocycles. The standard InChI is InChI=1S/C24H25ClFN3O2/c1-28(15-18-7-2-3-9-21(18)26)16-23(30)29-11-5-10-22(29)24-27-14-20(31-24)13-17-6-4-8-19(25)12-17/h2-4,6-9,12,14,22H,5,10-11,13,15-16H2,1H3/t22-/m0/s1. The topological polar surface area (TPSA) is 49.6 Å². The van der Waals surface area contributed by atoms with Crippen molar-refractivity contribution in [3.63, 3.8) is 0 Å². The Morgan fingerprint density at radius 1 is 1.29 bits per heavy atom. The molecule has 1 fully saturated rings. The van der Waals surface area contributed by atoms with E-state index in [0.717, 1.165) is 24.2 Å². The van der Waals surface area contributed by atoms with Crippen LogP contribution in [0.1, 0.15) is 41.7 Å². The molecule has 0 bridgehead atoms. The van der Waals surface area contributed by atoms with Crippen LogP contribution >= 0.6 is 11.6 Å². The second kappa shape index (κ2) is 9.62. The van der Waals surface area contributed by atoms with Gasteiger partial charge in [-0.3, -0.25) is 9.69 Å². The Morgan fingerprint density at radius 2 is 2.13 bits per heavy atom. The molecule has 4 rings (SSSR count). The first-order valence-corrected chi connectivity index (χ1v) is 10.8. The molecule has 1 atom stereocenters. The van der Waals surface area contributed by atoms with Crippen molar-refractivity contribution >= 4 is 17.5 Å². The average molecular weight is 442 g/mol. The first-order valence-electron chi connectivity index (χ1n) is 10.4. The first kappa shape index (κ1) is 21.5. The number of hydrogen-bond acceptors (Lipinski definition) is 4. The third-order valence-electron chi connectivity index (χ3n) is 5.50. The summed E-state index contributed by atoms with van der Waals surface area (Å²) in [5, 5.41) is 0.685. The Balaban J connectivity index is 1.39. The Kier molecular flexibility index (Phi) is 6.68. The summed E-state index contributed by atoms with van der Waals surface area (Å²) in [5.41, 5.74) is 1.62. The minimum absolute atomic E-state index is 0.00377. The van der Waals surface area contributed by atoms with Crippen LogP contribution in [0.4, 0.5) is 4.39 Å². The lowest BCUT2D eigenvalue weighted by Crippen LogP contribution is -2.38. The lowest BCUT2D eigenvalue weighted by molar-refractivity contribution is -0.133. The lowest BCUT2D eigenvalue weighted by atomic mass is 10.1. The van der Waals surface area contributed by atoms with E-state index in [1.54, 1.807) is 24.4 Å². The molecule has 1 aromatic heterocycles. The van der Waals surface area contributed by atoms with Gasteiger partial charge in [0, 0.05) is 30.1 Å². The molecule has 1 saturated heterocycles. The molecule has 0 unspecified atom stereocenters. The smallest absolute Gasteiger partial charge is 0.237 e. The largest absolute Gasteiger partial charge is 0.443 e. The second-order valence-electron chi connectivity index (χ2n) is 7.98. The summed E-state index contributed by atoms with van der Waals surface area (Å²) in [7, 11) is 1.82. The van der Waals surface area contributed by atoms with Crippen LogP contribution in [0, 0.1) is 5.82 Å². The fourth-order valence-electron chi connectivity index (χ4n) is 4.02. The molecule has 5 nitrogen and oxygen atoms in total. The number of likely N-dealkylation sites (tertiary alicyclic amines) is 1. The molecule has 1 amide bonds. The molecule has 0 spiro atoms. The van der Waals surface area contributed by atoms with E-state index in [1.807, 2.05) is 41.1 Å². The zero-order chi connectivity index (χ0) is 21.8. The van der Waals surface area contributed by atoms with Gasteiger partial charge in [0.2, 0.25) is 11.8 Å². The molecule has 31 heavy (non-hydrogen) atoms. The average Bonchev–Trinajstić information content (AvgIpc) is 3.39. The molecule has 1 aliphatic rings. The van der Waals surface area contributed by atoms with Gasteiger partial charge in [-0.25, -0.2) is 9.37 Å². The van der Waals surface area contributed by atoms with Crippen molar-refractivity contribution in [2.75, 3.05) is 20.1 Å². The number of likely N-dealkylation sites (N-methyl/N-ethyl adjacent to an activating group) is 1. The van der Waals surface area contributed by atoms with Gasteiger partial charge in [0.05, 0.1) is 12.7 Å². The van der Waals surface area contributed by atoms with Crippen LogP contribution in [0.25, 0.3) is 0 Å². The Morgan fingerprint density at radius 3 is 2.94 bits per heavy atom. The van der Waals surface area contributed by atoms with Gasteiger partial charge in [-0.15, -0.1) is 0 Å². The summed E-state index contributed by atoms with van der Waals surface area (Å²) in [4.78, 5) is 21.1. The predicted molar refractivity (Wildman–Crippen MR) is 117 cm³/mol. The lowest BCUT2D eigenvalue weighted by Gasteiger charge is -2.25. The minimum Gasteiger partial charge on any atom is -0.443 e. The highest BCUT2D eigenvalue weighted by molar-refractivity contribution is 6.30. The Bertz CT molecular complexity index is 1050. The molecule has 0 N–H and O–H groups in total. The molecule has 1 aliphatic heterocycles. The maximum Gasteiger partial charge on any atom is 0.237 e. The van der Waals surface area contributed by atoms with E-state index in [0.29, 0.717) is 36.0 Å². The van der Waals surface area contributed by atoms with E-state index >= 15 is 0 Å².